The standard InChI is InChI=1S/C24H29FN4O3S/c1-4-6-12-28(5-2)24(30)19-14-21(18-9-7-8-10-20(18)25)26-23-22(19)16(3)27-29(23)17-11-13-33(31,32)15-17/h7-10,14,17H,4-6,11-13,15H2,1-3H3. The van der Waals surface area contributed by atoms with Crippen molar-refractivity contribution in [3.05, 3.63) is 47.4 Å². The molecule has 1 unspecified atom stereocenters. The molecule has 1 fully saturated rings. The van der Waals surface area contributed by atoms with Gasteiger partial charge < -0.3 is 4.90 Å². The maximum atomic E-state index is 14.7. The summed E-state index contributed by atoms with van der Waals surface area (Å²) in [7, 11) is -3.15. The van der Waals surface area contributed by atoms with Crippen molar-refractivity contribution >= 4 is 26.8 Å². The number of hydrogen-bond acceptors (Lipinski definition) is 5. The smallest absolute Gasteiger partial charge is 0.254 e. The summed E-state index contributed by atoms with van der Waals surface area (Å²) in [4.78, 5) is 20.1. The van der Waals surface area contributed by atoms with Gasteiger partial charge in [0.2, 0.25) is 0 Å². The summed E-state index contributed by atoms with van der Waals surface area (Å²) in [5.74, 6) is -0.516. The van der Waals surface area contributed by atoms with Crippen molar-refractivity contribution in [2.75, 3.05) is 24.6 Å². The lowest BCUT2D eigenvalue weighted by Crippen LogP contribution is -2.32. The predicted molar refractivity (Wildman–Crippen MR) is 126 cm³/mol. The summed E-state index contributed by atoms with van der Waals surface area (Å²) in [5.41, 5.74) is 2.06. The highest BCUT2D eigenvalue weighted by molar-refractivity contribution is 7.91. The number of amides is 1. The third-order valence-corrected chi connectivity index (χ3v) is 7.97. The average Bonchev–Trinajstić information content (AvgIpc) is 3.32. The fourth-order valence-corrected chi connectivity index (χ4v) is 6.13. The summed E-state index contributed by atoms with van der Waals surface area (Å²) in [6.07, 6.45) is 2.28. The Bertz CT molecular complexity index is 1300. The van der Waals surface area contributed by atoms with Gasteiger partial charge in [-0.15, -0.1) is 0 Å². The summed E-state index contributed by atoms with van der Waals surface area (Å²) in [6, 6.07) is 7.58. The van der Waals surface area contributed by atoms with Gasteiger partial charge in [0.25, 0.3) is 5.91 Å². The van der Waals surface area contributed by atoms with Crippen LogP contribution >= 0.6 is 0 Å². The first-order valence-electron chi connectivity index (χ1n) is 11.4. The van der Waals surface area contributed by atoms with Crippen LogP contribution in [0.4, 0.5) is 4.39 Å². The van der Waals surface area contributed by atoms with E-state index >= 15 is 0 Å². The number of aryl methyl sites for hydroxylation is 1. The van der Waals surface area contributed by atoms with Gasteiger partial charge in [-0.25, -0.2) is 22.5 Å². The number of carbonyl (C=O) groups is 1. The minimum atomic E-state index is -3.15. The fourth-order valence-electron chi connectivity index (χ4n) is 4.43. The van der Waals surface area contributed by atoms with Crippen molar-refractivity contribution in [2.24, 2.45) is 0 Å². The zero-order valence-electron chi connectivity index (χ0n) is 19.2. The van der Waals surface area contributed by atoms with Crippen LogP contribution in [-0.2, 0) is 9.84 Å². The van der Waals surface area contributed by atoms with Crippen LogP contribution in [0.5, 0.6) is 0 Å². The highest BCUT2D eigenvalue weighted by Gasteiger charge is 2.33. The number of aromatic nitrogens is 3. The van der Waals surface area contributed by atoms with Gasteiger partial charge in [-0.05, 0) is 44.9 Å². The zero-order valence-corrected chi connectivity index (χ0v) is 20.0. The van der Waals surface area contributed by atoms with Crippen LogP contribution in [0, 0.1) is 12.7 Å². The van der Waals surface area contributed by atoms with Crippen LogP contribution in [0.2, 0.25) is 0 Å². The molecule has 176 valence electrons. The van der Waals surface area contributed by atoms with E-state index in [1.807, 2.05) is 6.92 Å². The van der Waals surface area contributed by atoms with E-state index < -0.39 is 15.7 Å². The van der Waals surface area contributed by atoms with E-state index in [-0.39, 0.29) is 29.0 Å². The van der Waals surface area contributed by atoms with E-state index in [4.69, 9.17) is 4.98 Å². The number of fused-ring (bicyclic) bond motifs is 1. The number of sulfone groups is 1. The molecule has 1 aliphatic rings. The molecule has 1 atom stereocenters. The molecule has 0 aliphatic carbocycles. The molecule has 1 aliphatic heterocycles. The first kappa shape index (κ1) is 23.4. The van der Waals surface area contributed by atoms with Crippen LogP contribution in [0.3, 0.4) is 0 Å². The molecule has 3 aromatic rings. The summed E-state index contributed by atoms with van der Waals surface area (Å²) < 4.78 is 40.5. The van der Waals surface area contributed by atoms with E-state index in [1.54, 1.807) is 40.8 Å². The van der Waals surface area contributed by atoms with Gasteiger partial charge in [-0.3, -0.25) is 4.79 Å². The topological polar surface area (TPSA) is 85.2 Å². The van der Waals surface area contributed by atoms with Crippen LogP contribution < -0.4 is 0 Å². The first-order chi connectivity index (χ1) is 15.8. The molecular formula is C24H29FN4O3S. The second-order valence-corrected chi connectivity index (χ2v) is 10.8. The molecule has 0 bridgehead atoms. The van der Waals surface area contributed by atoms with Crippen molar-refractivity contribution in [2.45, 2.75) is 46.1 Å². The summed E-state index contributed by atoms with van der Waals surface area (Å²) >= 11 is 0. The zero-order chi connectivity index (χ0) is 23.8. The van der Waals surface area contributed by atoms with Crippen molar-refractivity contribution in [3.63, 3.8) is 0 Å². The first-order valence-corrected chi connectivity index (χ1v) is 13.2. The van der Waals surface area contributed by atoms with Gasteiger partial charge in [0.05, 0.1) is 39.9 Å². The molecule has 1 aromatic carbocycles. The summed E-state index contributed by atoms with van der Waals surface area (Å²) in [5, 5.41) is 5.21. The maximum absolute atomic E-state index is 14.7. The molecule has 3 heterocycles. The second-order valence-electron chi connectivity index (χ2n) is 8.56. The summed E-state index contributed by atoms with van der Waals surface area (Å²) in [6.45, 7) is 6.97. The van der Waals surface area contributed by atoms with Crippen molar-refractivity contribution in [1.82, 2.24) is 19.7 Å². The Morgan fingerprint density at radius 2 is 2.03 bits per heavy atom. The number of pyridine rings is 1. The minimum absolute atomic E-state index is 0.0182. The largest absolute Gasteiger partial charge is 0.339 e. The van der Waals surface area contributed by atoms with E-state index in [9.17, 15) is 17.6 Å². The second kappa shape index (κ2) is 9.21. The molecule has 7 nitrogen and oxygen atoms in total. The van der Waals surface area contributed by atoms with Gasteiger partial charge in [0.15, 0.2) is 15.5 Å². The molecule has 4 rings (SSSR count). The number of hydrogen-bond donors (Lipinski definition) is 0. The number of benzene rings is 1. The monoisotopic (exact) mass is 472 g/mol. The normalized spacial score (nSPS) is 17.5. The lowest BCUT2D eigenvalue weighted by molar-refractivity contribution is 0.0764. The SMILES string of the molecule is CCCCN(CC)C(=O)c1cc(-c2ccccc2F)nc2c1c(C)nn2C1CCS(=O)(=O)C1. The third kappa shape index (κ3) is 4.51. The van der Waals surface area contributed by atoms with Crippen LogP contribution in [-0.4, -0.2) is 58.6 Å². The quantitative estimate of drug-likeness (QED) is 0.515. The lowest BCUT2D eigenvalue weighted by Gasteiger charge is -2.21. The third-order valence-electron chi connectivity index (χ3n) is 6.22. The van der Waals surface area contributed by atoms with Gasteiger partial charge in [-0.1, -0.05) is 25.5 Å². The van der Waals surface area contributed by atoms with E-state index in [2.05, 4.69) is 12.0 Å². The van der Waals surface area contributed by atoms with Gasteiger partial charge in [0, 0.05) is 18.7 Å². The van der Waals surface area contributed by atoms with Gasteiger partial charge in [0.1, 0.15) is 5.82 Å². The maximum Gasteiger partial charge on any atom is 0.254 e. The van der Waals surface area contributed by atoms with E-state index in [0.29, 0.717) is 47.5 Å². The van der Waals surface area contributed by atoms with Crippen molar-refractivity contribution < 1.29 is 17.6 Å². The molecular weight excluding hydrogens is 443 g/mol. The van der Waals surface area contributed by atoms with Crippen LogP contribution in [0.1, 0.15) is 55.2 Å². The molecule has 0 N–H and O–H groups in total. The lowest BCUT2D eigenvalue weighted by atomic mass is 10.0. The molecule has 0 radical (unpaired) electrons. The van der Waals surface area contributed by atoms with E-state index in [1.165, 1.54) is 6.07 Å². The number of carbonyl (C=O) groups excluding carboxylic acids is 1. The Morgan fingerprint density at radius 1 is 1.27 bits per heavy atom. The predicted octanol–water partition coefficient (Wildman–Crippen LogP) is 4.17. The number of unbranched alkanes of at least 4 members (excludes halogenated alkanes) is 1. The molecule has 33 heavy (non-hydrogen) atoms. The Labute approximate surface area is 193 Å². The van der Waals surface area contributed by atoms with Crippen molar-refractivity contribution in [1.29, 1.82) is 0 Å². The Kier molecular flexibility index (Phi) is 6.52. The van der Waals surface area contributed by atoms with Crippen molar-refractivity contribution in [3.8, 4) is 11.3 Å². The Morgan fingerprint density at radius 3 is 2.67 bits per heavy atom. The molecule has 2 aromatic heterocycles. The van der Waals surface area contributed by atoms with Crippen LogP contribution in [0.15, 0.2) is 30.3 Å². The number of halogens is 1. The highest BCUT2D eigenvalue weighted by Crippen LogP contribution is 2.33. The van der Waals surface area contributed by atoms with Crippen LogP contribution in [0.25, 0.3) is 22.3 Å². The molecule has 1 amide bonds. The highest BCUT2D eigenvalue weighted by atomic mass is 32.2. The van der Waals surface area contributed by atoms with E-state index in [0.717, 1.165) is 12.8 Å². The minimum Gasteiger partial charge on any atom is -0.339 e. The number of rotatable bonds is 7. The molecule has 0 saturated carbocycles. The Balaban J connectivity index is 1.94. The molecule has 9 heteroatoms. The van der Waals surface area contributed by atoms with Gasteiger partial charge in [-0.2, -0.15) is 5.10 Å². The molecule has 0 spiro atoms. The van der Waals surface area contributed by atoms with Gasteiger partial charge >= 0.3 is 0 Å². The number of nitrogens with zero attached hydrogens (tertiary/aromatic N) is 4. The molecule has 1 saturated heterocycles. The fraction of sp³-hybridized carbons (Fsp3) is 0.458. The Hall–Kier alpha value is -2.81. The average molecular weight is 473 g/mol.